The van der Waals surface area contributed by atoms with Gasteiger partial charge in [0.25, 0.3) is 0 Å². The molecule has 1 heteroatoms. The molecule has 1 fully saturated rings. The molecule has 0 nitrogen and oxygen atoms in total. The fraction of sp³-hybridized carbons (Fsp3) is 1.00. The zero-order chi connectivity index (χ0) is 5.98. The highest BCUT2D eigenvalue weighted by Gasteiger charge is 2.15. The van der Waals surface area contributed by atoms with Crippen LogP contribution in [0.15, 0.2) is 0 Å². The first-order valence-corrected chi connectivity index (χ1v) is 3.80. The molecule has 0 bridgehead atoms. The zero-order valence-corrected chi connectivity index (χ0v) is 5.98. The maximum atomic E-state index is 2.38. The highest BCUT2D eigenvalue weighted by molar-refractivity contribution is 6.11. The highest BCUT2D eigenvalue weighted by atomic mass is 14.2. The van der Waals surface area contributed by atoms with Crippen LogP contribution in [0.3, 0.4) is 0 Å². The molecule has 1 aliphatic rings. The van der Waals surface area contributed by atoms with Gasteiger partial charge < -0.3 is 0 Å². The Hall–Kier alpha value is 0.0649. The van der Waals surface area contributed by atoms with E-state index in [9.17, 15) is 0 Å². The minimum Gasteiger partial charge on any atom is -0.0672 e. The lowest BCUT2D eigenvalue weighted by atomic mass is 9.69. The number of hydrogen-bond acceptors (Lipinski definition) is 0. The van der Waals surface area contributed by atoms with Crippen molar-refractivity contribution in [3.05, 3.63) is 0 Å². The third-order valence-corrected chi connectivity index (χ3v) is 2.54. The summed E-state index contributed by atoms with van der Waals surface area (Å²) in [5.74, 6) is 2.01. The number of hydrogen-bond donors (Lipinski definition) is 0. The number of rotatable bonds is 0. The van der Waals surface area contributed by atoms with Gasteiger partial charge in [-0.25, -0.2) is 0 Å². The van der Waals surface area contributed by atoms with Crippen molar-refractivity contribution in [3.8, 4) is 0 Å². The summed E-state index contributed by atoms with van der Waals surface area (Å²) in [5.41, 5.74) is 0. The van der Waals surface area contributed by atoms with E-state index in [2.05, 4.69) is 14.8 Å². The van der Waals surface area contributed by atoms with Crippen LogP contribution in [0.2, 0.25) is 5.82 Å². The largest absolute Gasteiger partial charge is 0.105 e. The Morgan fingerprint density at radius 2 is 1.88 bits per heavy atom. The molecule has 0 N–H and O–H groups in total. The Balaban J connectivity index is 2.28. The van der Waals surface area contributed by atoms with Crippen molar-refractivity contribution in [2.24, 2.45) is 5.92 Å². The Kier molecular flexibility index (Phi) is 1.98. The first-order chi connectivity index (χ1) is 3.80. The molecule has 2 atom stereocenters. The summed E-state index contributed by atoms with van der Waals surface area (Å²) < 4.78 is 0. The van der Waals surface area contributed by atoms with Crippen molar-refractivity contribution in [2.75, 3.05) is 0 Å². The molecule has 0 amide bonds. The lowest BCUT2D eigenvalue weighted by Gasteiger charge is -2.24. The Morgan fingerprint density at radius 3 is 2.25 bits per heavy atom. The van der Waals surface area contributed by atoms with Crippen molar-refractivity contribution in [1.29, 1.82) is 0 Å². The molecule has 0 aromatic rings. The van der Waals surface area contributed by atoms with Crippen LogP contribution in [0.25, 0.3) is 0 Å². The van der Waals surface area contributed by atoms with Gasteiger partial charge in [-0.3, -0.25) is 0 Å². The second kappa shape index (κ2) is 2.57. The summed E-state index contributed by atoms with van der Waals surface area (Å²) in [5, 5.41) is 0. The SMILES string of the molecule is B[C@H]1CCCC[C@H]1C. The minimum atomic E-state index is 1.00. The molecular formula is C7H15B. The lowest BCUT2D eigenvalue weighted by Crippen LogP contribution is -2.10. The van der Waals surface area contributed by atoms with Gasteiger partial charge in [-0.15, -0.1) is 0 Å². The maximum Gasteiger partial charge on any atom is 0.105 e. The molecule has 0 aromatic heterocycles. The molecule has 0 aliphatic heterocycles. The third-order valence-electron chi connectivity index (χ3n) is 2.54. The third kappa shape index (κ3) is 1.27. The fourth-order valence-electron chi connectivity index (χ4n) is 1.50. The van der Waals surface area contributed by atoms with Gasteiger partial charge in [0.2, 0.25) is 0 Å². The lowest BCUT2D eigenvalue weighted by molar-refractivity contribution is 0.386. The summed E-state index contributed by atoms with van der Waals surface area (Å²) >= 11 is 0. The van der Waals surface area contributed by atoms with Crippen molar-refractivity contribution >= 4 is 7.85 Å². The molecule has 0 spiro atoms. The van der Waals surface area contributed by atoms with Crippen LogP contribution in [0, 0.1) is 5.92 Å². The van der Waals surface area contributed by atoms with Crippen LogP contribution in [0.1, 0.15) is 32.6 Å². The van der Waals surface area contributed by atoms with Gasteiger partial charge >= 0.3 is 0 Å². The van der Waals surface area contributed by atoms with E-state index in [0.717, 1.165) is 11.7 Å². The highest BCUT2D eigenvalue weighted by Crippen LogP contribution is 2.31. The van der Waals surface area contributed by atoms with Crippen molar-refractivity contribution in [3.63, 3.8) is 0 Å². The van der Waals surface area contributed by atoms with Gasteiger partial charge in [0, 0.05) is 0 Å². The van der Waals surface area contributed by atoms with Crippen LogP contribution < -0.4 is 0 Å². The first-order valence-electron chi connectivity index (χ1n) is 3.80. The van der Waals surface area contributed by atoms with E-state index in [0.29, 0.717) is 0 Å². The molecule has 0 heterocycles. The molecule has 46 valence electrons. The average Bonchev–Trinajstić information content (AvgIpc) is 1.77. The minimum absolute atomic E-state index is 1.00. The normalized spacial score (nSPS) is 39.6. The van der Waals surface area contributed by atoms with Gasteiger partial charge in [0.15, 0.2) is 0 Å². The fourth-order valence-corrected chi connectivity index (χ4v) is 1.50. The van der Waals surface area contributed by atoms with Crippen molar-refractivity contribution < 1.29 is 0 Å². The van der Waals surface area contributed by atoms with Gasteiger partial charge in [0.05, 0.1) is 0 Å². The predicted octanol–water partition coefficient (Wildman–Crippen LogP) is 1.62. The quantitative estimate of drug-likeness (QED) is 0.415. The monoisotopic (exact) mass is 110 g/mol. The van der Waals surface area contributed by atoms with Crippen molar-refractivity contribution in [1.82, 2.24) is 0 Å². The molecule has 8 heavy (non-hydrogen) atoms. The Labute approximate surface area is 53.1 Å². The van der Waals surface area contributed by atoms with E-state index in [1.54, 1.807) is 0 Å². The summed E-state index contributed by atoms with van der Waals surface area (Å²) in [6, 6.07) is 0. The van der Waals surface area contributed by atoms with Gasteiger partial charge in [-0.1, -0.05) is 38.4 Å². The Morgan fingerprint density at radius 1 is 1.25 bits per heavy atom. The molecular weight excluding hydrogens is 94.9 g/mol. The standard InChI is InChI=1S/C7H15B/c1-6-4-2-3-5-7(6)8/h6-7H,2-5,8H2,1H3/t6-,7+/m1/s1. The molecule has 0 radical (unpaired) electrons. The van der Waals surface area contributed by atoms with Crippen molar-refractivity contribution in [2.45, 2.75) is 38.4 Å². The van der Waals surface area contributed by atoms with Crippen LogP contribution in [-0.2, 0) is 0 Å². The first kappa shape index (κ1) is 6.19. The smallest absolute Gasteiger partial charge is 0.0672 e. The molecule has 0 saturated heterocycles. The summed E-state index contributed by atoms with van der Waals surface area (Å²) in [4.78, 5) is 0. The second-order valence-electron chi connectivity index (χ2n) is 3.24. The summed E-state index contributed by atoms with van der Waals surface area (Å²) in [6.07, 6.45) is 5.90. The molecule has 1 saturated carbocycles. The molecule has 1 rings (SSSR count). The molecule has 0 unspecified atom stereocenters. The van der Waals surface area contributed by atoms with Gasteiger partial charge in [0.1, 0.15) is 7.85 Å². The summed E-state index contributed by atoms with van der Waals surface area (Å²) in [6.45, 7) is 2.38. The second-order valence-corrected chi connectivity index (χ2v) is 3.24. The van der Waals surface area contributed by atoms with Crippen LogP contribution >= 0.6 is 0 Å². The molecule has 1 aliphatic carbocycles. The van der Waals surface area contributed by atoms with E-state index in [1.165, 1.54) is 25.7 Å². The van der Waals surface area contributed by atoms with Crippen LogP contribution in [-0.4, -0.2) is 7.85 Å². The topological polar surface area (TPSA) is 0 Å². The van der Waals surface area contributed by atoms with Gasteiger partial charge in [-0.2, -0.15) is 0 Å². The Bertz CT molecular complexity index is 60.8. The van der Waals surface area contributed by atoms with Crippen LogP contribution in [0.5, 0.6) is 0 Å². The summed E-state index contributed by atoms with van der Waals surface area (Å²) in [7, 11) is 2.38. The van der Waals surface area contributed by atoms with Crippen LogP contribution in [0.4, 0.5) is 0 Å². The van der Waals surface area contributed by atoms with E-state index in [-0.39, 0.29) is 0 Å². The van der Waals surface area contributed by atoms with E-state index < -0.39 is 0 Å². The van der Waals surface area contributed by atoms with E-state index in [4.69, 9.17) is 0 Å². The zero-order valence-electron chi connectivity index (χ0n) is 5.98. The molecule has 0 aromatic carbocycles. The van der Waals surface area contributed by atoms with Gasteiger partial charge in [-0.05, 0) is 5.92 Å². The predicted molar refractivity (Wildman–Crippen MR) is 39.9 cm³/mol. The maximum absolute atomic E-state index is 2.38. The average molecular weight is 110 g/mol. The van der Waals surface area contributed by atoms with E-state index in [1.807, 2.05) is 0 Å². The van der Waals surface area contributed by atoms with E-state index >= 15 is 0 Å².